The largest absolute Gasteiger partial charge is 0.465 e. The molecule has 1 aliphatic rings. The van der Waals surface area contributed by atoms with Crippen LogP contribution in [-0.2, 0) is 16.6 Å². The van der Waals surface area contributed by atoms with Crippen LogP contribution in [0.5, 0.6) is 0 Å². The summed E-state index contributed by atoms with van der Waals surface area (Å²) < 4.78 is 33.0. The first-order chi connectivity index (χ1) is 9.34. The van der Waals surface area contributed by atoms with Gasteiger partial charge in [-0.1, -0.05) is 6.92 Å². The van der Waals surface area contributed by atoms with Crippen LogP contribution in [0, 0.1) is 13.8 Å². The molecule has 0 aliphatic carbocycles. The molecule has 0 radical (unpaired) electrons. The lowest BCUT2D eigenvalue weighted by Crippen LogP contribution is -2.40. The summed E-state index contributed by atoms with van der Waals surface area (Å²) in [6.07, 6.45) is 2.57. The van der Waals surface area contributed by atoms with Crippen LogP contribution in [0.15, 0.2) is 9.31 Å². The fraction of sp³-hybridized carbons (Fsp3) is 0.714. The average molecular weight is 301 g/mol. The molecule has 2 rings (SSSR count). The monoisotopic (exact) mass is 301 g/mol. The third-order valence-corrected chi connectivity index (χ3v) is 6.46. The van der Waals surface area contributed by atoms with E-state index >= 15 is 0 Å². The van der Waals surface area contributed by atoms with Gasteiger partial charge >= 0.3 is 0 Å². The van der Waals surface area contributed by atoms with Crippen molar-refractivity contribution in [1.29, 1.82) is 0 Å². The average Bonchev–Trinajstić information content (AvgIpc) is 2.89. The number of aliphatic hydroxyl groups excluding tert-OH is 1. The van der Waals surface area contributed by atoms with Crippen molar-refractivity contribution in [2.75, 3.05) is 0 Å². The molecule has 1 aromatic heterocycles. The van der Waals surface area contributed by atoms with Crippen LogP contribution in [0.3, 0.4) is 0 Å². The Morgan fingerprint density at radius 1 is 1.30 bits per heavy atom. The molecular formula is C14H23NO4S. The number of hydrogen-bond acceptors (Lipinski definition) is 4. The topological polar surface area (TPSA) is 70.8 Å². The van der Waals surface area contributed by atoms with Gasteiger partial charge in [-0.15, -0.1) is 0 Å². The molecule has 1 aliphatic heterocycles. The van der Waals surface area contributed by atoms with Gasteiger partial charge in [-0.05, 0) is 40.0 Å². The van der Waals surface area contributed by atoms with Crippen molar-refractivity contribution in [3.05, 3.63) is 17.1 Å². The van der Waals surface area contributed by atoms with Gasteiger partial charge in [0.15, 0.2) is 0 Å². The van der Waals surface area contributed by atoms with Crippen molar-refractivity contribution >= 4 is 10.0 Å². The van der Waals surface area contributed by atoms with Crippen LogP contribution in [0.1, 0.15) is 50.2 Å². The highest BCUT2D eigenvalue weighted by atomic mass is 32.2. The van der Waals surface area contributed by atoms with E-state index in [1.165, 1.54) is 0 Å². The fourth-order valence-corrected chi connectivity index (χ4v) is 5.56. The molecule has 1 aromatic rings. The number of hydrogen-bond donors (Lipinski definition) is 1. The first-order valence-electron chi connectivity index (χ1n) is 7.07. The molecular weight excluding hydrogens is 278 g/mol. The molecule has 114 valence electrons. The smallest absolute Gasteiger partial charge is 0.247 e. The lowest BCUT2D eigenvalue weighted by atomic mass is 10.2. The Bertz CT molecular complexity index is 591. The third kappa shape index (κ3) is 2.29. The van der Waals surface area contributed by atoms with E-state index in [9.17, 15) is 13.5 Å². The van der Waals surface area contributed by atoms with Crippen molar-refractivity contribution in [2.24, 2.45) is 0 Å². The Kier molecular flexibility index (Phi) is 4.27. The maximum atomic E-state index is 13.0. The Morgan fingerprint density at radius 2 is 1.95 bits per heavy atom. The number of nitrogens with zero attached hydrogens (tertiary/aromatic N) is 1. The maximum absolute atomic E-state index is 13.0. The predicted molar refractivity (Wildman–Crippen MR) is 75.9 cm³/mol. The molecule has 20 heavy (non-hydrogen) atoms. The lowest BCUT2D eigenvalue weighted by molar-refractivity contribution is 0.275. The summed E-state index contributed by atoms with van der Waals surface area (Å²) in [5.41, 5.74) is 0.386. The highest BCUT2D eigenvalue weighted by Gasteiger charge is 2.42. The predicted octanol–water partition coefficient (Wildman–Crippen LogP) is 2.34. The van der Waals surface area contributed by atoms with Crippen LogP contribution in [0.2, 0.25) is 0 Å². The second-order valence-electron chi connectivity index (χ2n) is 5.50. The van der Waals surface area contributed by atoms with Crippen LogP contribution in [0.25, 0.3) is 0 Å². The Hall–Kier alpha value is -0.850. The molecule has 2 heterocycles. The van der Waals surface area contributed by atoms with E-state index in [-0.39, 0.29) is 23.6 Å². The molecule has 2 atom stereocenters. The van der Waals surface area contributed by atoms with Crippen molar-refractivity contribution in [3.8, 4) is 0 Å². The zero-order valence-electron chi connectivity index (χ0n) is 12.5. The summed E-state index contributed by atoms with van der Waals surface area (Å²) in [5.74, 6) is 0.837. The molecule has 0 amide bonds. The van der Waals surface area contributed by atoms with Crippen molar-refractivity contribution in [1.82, 2.24) is 4.31 Å². The van der Waals surface area contributed by atoms with E-state index in [1.807, 2.05) is 13.8 Å². The van der Waals surface area contributed by atoms with E-state index in [4.69, 9.17) is 4.42 Å². The summed E-state index contributed by atoms with van der Waals surface area (Å²) in [7, 11) is -3.62. The zero-order chi connectivity index (χ0) is 15.1. The van der Waals surface area contributed by atoms with E-state index in [2.05, 4.69) is 0 Å². The Labute approximate surface area is 120 Å². The van der Waals surface area contributed by atoms with Gasteiger partial charge in [-0.3, -0.25) is 0 Å². The number of rotatable bonds is 4. The normalized spacial score (nSPS) is 24.4. The minimum atomic E-state index is -3.62. The van der Waals surface area contributed by atoms with Crippen molar-refractivity contribution in [3.63, 3.8) is 0 Å². The molecule has 2 unspecified atom stereocenters. The van der Waals surface area contributed by atoms with E-state index in [0.29, 0.717) is 17.1 Å². The van der Waals surface area contributed by atoms with Gasteiger partial charge in [0.05, 0.1) is 6.61 Å². The van der Waals surface area contributed by atoms with Gasteiger partial charge in [0.2, 0.25) is 10.0 Å². The second-order valence-corrected chi connectivity index (χ2v) is 7.28. The standard InChI is InChI=1S/C14H23NO4S/c1-5-12-7-6-9(2)15(12)20(17,18)14-11(4)19-10(3)13(14)8-16/h9,12,16H,5-8H2,1-4H3. The van der Waals surface area contributed by atoms with E-state index < -0.39 is 10.0 Å². The summed E-state index contributed by atoms with van der Waals surface area (Å²) >= 11 is 0. The number of furan rings is 1. The van der Waals surface area contributed by atoms with Crippen LogP contribution in [-0.4, -0.2) is 29.9 Å². The fourth-order valence-electron chi connectivity index (χ4n) is 3.20. The molecule has 1 N–H and O–H groups in total. The van der Waals surface area contributed by atoms with Crippen LogP contribution < -0.4 is 0 Å². The number of aliphatic hydroxyl groups is 1. The quantitative estimate of drug-likeness (QED) is 0.926. The Balaban J connectivity index is 2.55. The molecule has 1 saturated heterocycles. The first kappa shape index (κ1) is 15.5. The van der Waals surface area contributed by atoms with Gasteiger partial charge in [0.1, 0.15) is 16.4 Å². The van der Waals surface area contributed by atoms with Gasteiger partial charge in [0, 0.05) is 17.6 Å². The van der Waals surface area contributed by atoms with Crippen molar-refractivity contribution < 1.29 is 17.9 Å². The minimum Gasteiger partial charge on any atom is -0.465 e. The summed E-state index contributed by atoms with van der Waals surface area (Å²) in [6, 6.07) is 0.0299. The molecule has 0 saturated carbocycles. The molecule has 0 bridgehead atoms. The van der Waals surface area contributed by atoms with E-state index in [1.54, 1.807) is 18.2 Å². The summed E-state index contributed by atoms with van der Waals surface area (Å²) in [6.45, 7) is 6.94. The maximum Gasteiger partial charge on any atom is 0.247 e. The molecule has 5 nitrogen and oxygen atoms in total. The van der Waals surface area contributed by atoms with Crippen LogP contribution in [0.4, 0.5) is 0 Å². The minimum absolute atomic E-state index is 0.00824. The zero-order valence-corrected chi connectivity index (χ0v) is 13.3. The summed E-state index contributed by atoms with van der Waals surface area (Å²) in [5, 5.41) is 9.46. The van der Waals surface area contributed by atoms with Crippen LogP contribution >= 0.6 is 0 Å². The number of aryl methyl sites for hydroxylation is 2. The van der Waals surface area contributed by atoms with E-state index in [0.717, 1.165) is 19.3 Å². The van der Waals surface area contributed by atoms with Gasteiger partial charge in [0.25, 0.3) is 0 Å². The highest BCUT2D eigenvalue weighted by Crippen LogP contribution is 2.36. The van der Waals surface area contributed by atoms with Crippen molar-refractivity contribution in [2.45, 2.75) is 70.5 Å². The number of sulfonamides is 1. The first-order valence-corrected chi connectivity index (χ1v) is 8.51. The Morgan fingerprint density at radius 3 is 2.50 bits per heavy atom. The molecule has 6 heteroatoms. The van der Waals surface area contributed by atoms with Gasteiger partial charge < -0.3 is 9.52 Å². The third-order valence-electron chi connectivity index (χ3n) is 4.20. The summed E-state index contributed by atoms with van der Waals surface area (Å²) in [4.78, 5) is 0.157. The highest BCUT2D eigenvalue weighted by molar-refractivity contribution is 7.89. The van der Waals surface area contributed by atoms with Gasteiger partial charge in [-0.25, -0.2) is 8.42 Å². The van der Waals surface area contributed by atoms with Gasteiger partial charge in [-0.2, -0.15) is 4.31 Å². The molecule has 0 spiro atoms. The lowest BCUT2D eigenvalue weighted by Gasteiger charge is -2.27. The second kappa shape index (κ2) is 5.50. The SMILES string of the molecule is CCC1CCC(C)N1S(=O)(=O)c1c(C)oc(C)c1CO. The molecule has 0 aromatic carbocycles. The molecule has 1 fully saturated rings.